The van der Waals surface area contributed by atoms with Crippen LogP contribution >= 0.6 is 0 Å². The predicted octanol–water partition coefficient (Wildman–Crippen LogP) is 2.64. The molecule has 1 fully saturated rings. The number of anilines is 2. The SMILES string of the molecule is CNc1nc(NC2CCNC2)nc2nc(C)cc(C)c12.FC(F)F. The van der Waals surface area contributed by atoms with E-state index in [2.05, 4.69) is 43.9 Å². The summed E-state index contributed by atoms with van der Waals surface area (Å²) >= 11 is 0. The molecule has 0 radical (unpaired) electrons. The third-order valence-corrected chi connectivity index (χ3v) is 3.62. The van der Waals surface area contributed by atoms with Crippen molar-refractivity contribution in [2.45, 2.75) is 33.0 Å². The van der Waals surface area contributed by atoms with E-state index in [0.29, 0.717) is 12.0 Å². The van der Waals surface area contributed by atoms with Crippen molar-refractivity contribution < 1.29 is 13.2 Å². The van der Waals surface area contributed by atoms with Crippen molar-refractivity contribution in [3.63, 3.8) is 0 Å². The number of nitrogens with one attached hydrogen (secondary N) is 3. The molecular weight excluding hydrogens is 321 g/mol. The molecule has 1 aliphatic rings. The summed E-state index contributed by atoms with van der Waals surface area (Å²) in [7, 11) is 1.88. The Hall–Kier alpha value is -2.16. The van der Waals surface area contributed by atoms with Crippen LogP contribution in [0.3, 0.4) is 0 Å². The maximum atomic E-state index is 9.67. The van der Waals surface area contributed by atoms with E-state index in [1.807, 2.05) is 14.0 Å². The first-order valence-corrected chi connectivity index (χ1v) is 7.64. The van der Waals surface area contributed by atoms with Crippen LogP contribution in [0.15, 0.2) is 6.07 Å². The van der Waals surface area contributed by atoms with Gasteiger partial charge in [-0.3, -0.25) is 0 Å². The molecule has 0 bridgehead atoms. The van der Waals surface area contributed by atoms with Gasteiger partial charge < -0.3 is 16.0 Å². The van der Waals surface area contributed by atoms with E-state index in [1.54, 1.807) is 0 Å². The van der Waals surface area contributed by atoms with Gasteiger partial charge in [0, 0.05) is 25.3 Å². The number of aryl methyl sites for hydroxylation is 2. The Balaban J connectivity index is 0.000000471. The van der Waals surface area contributed by atoms with Gasteiger partial charge in [0.2, 0.25) is 5.95 Å². The van der Waals surface area contributed by atoms with Crippen LogP contribution in [0, 0.1) is 13.8 Å². The zero-order valence-electron chi connectivity index (χ0n) is 13.8. The van der Waals surface area contributed by atoms with Crippen LogP contribution in [-0.4, -0.2) is 47.8 Å². The number of hydrogen-bond donors (Lipinski definition) is 3. The molecule has 0 aromatic carbocycles. The molecule has 1 atom stereocenters. The normalized spacial score (nSPS) is 16.9. The Morgan fingerprint density at radius 1 is 1.21 bits per heavy atom. The highest BCUT2D eigenvalue weighted by Gasteiger charge is 2.17. The fourth-order valence-corrected chi connectivity index (χ4v) is 2.68. The topological polar surface area (TPSA) is 74.8 Å². The van der Waals surface area contributed by atoms with Crippen molar-refractivity contribution in [2.75, 3.05) is 30.8 Å². The summed E-state index contributed by atoms with van der Waals surface area (Å²) in [5.41, 5.74) is 2.87. The minimum Gasteiger partial charge on any atom is -0.372 e. The fourth-order valence-electron chi connectivity index (χ4n) is 2.68. The molecule has 1 unspecified atom stereocenters. The second-order valence-corrected chi connectivity index (χ2v) is 5.51. The molecule has 1 saturated heterocycles. The third kappa shape index (κ3) is 4.67. The molecule has 0 aliphatic carbocycles. The largest absolute Gasteiger partial charge is 0.379 e. The smallest absolute Gasteiger partial charge is 0.372 e. The number of nitrogens with zero attached hydrogens (tertiary/aromatic N) is 3. The minimum atomic E-state index is -3.67. The van der Waals surface area contributed by atoms with E-state index in [0.717, 1.165) is 47.6 Å². The summed E-state index contributed by atoms with van der Waals surface area (Å²) in [4.78, 5) is 13.7. The van der Waals surface area contributed by atoms with Gasteiger partial charge in [-0.15, -0.1) is 0 Å². The molecule has 2 aromatic heterocycles. The van der Waals surface area contributed by atoms with E-state index >= 15 is 0 Å². The van der Waals surface area contributed by atoms with Gasteiger partial charge in [0.15, 0.2) is 5.65 Å². The highest BCUT2D eigenvalue weighted by Crippen LogP contribution is 2.25. The lowest BCUT2D eigenvalue weighted by Gasteiger charge is -2.14. The molecule has 2 aromatic rings. The molecule has 1 aliphatic heterocycles. The summed E-state index contributed by atoms with van der Waals surface area (Å²) in [6, 6.07) is 2.45. The van der Waals surface area contributed by atoms with Gasteiger partial charge in [0.25, 0.3) is 0 Å². The first-order valence-electron chi connectivity index (χ1n) is 7.64. The Morgan fingerprint density at radius 2 is 1.92 bits per heavy atom. The number of pyridine rings is 1. The molecule has 0 amide bonds. The maximum Gasteiger partial charge on any atom is 0.379 e. The second kappa shape index (κ2) is 8.09. The number of halogens is 3. The van der Waals surface area contributed by atoms with Crippen LogP contribution in [0.1, 0.15) is 17.7 Å². The molecule has 3 rings (SSSR count). The molecule has 3 heterocycles. The van der Waals surface area contributed by atoms with E-state index in [1.165, 1.54) is 0 Å². The summed E-state index contributed by atoms with van der Waals surface area (Å²) in [6.45, 7) is 2.38. The monoisotopic (exact) mass is 342 g/mol. The molecule has 0 saturated carbocycles. The van der Waals surface area contributed by atoms with Gasteiger partial charge in [0.1, 0.15) is 5.82 Å². The zero-order valence-corrected chi connectivity index (χ0v) is 13.8. The highest BCUT2D eigenvalue weighted by molar-refractivity contribution is 5.90. The molecule has 0 spiro atoms. The molecule has 24 heavy (non-hydrogen) atoms. The molecule has 9 heteroatoms. The van der Waals surface area contributed by atoms with Gasteiger partial charge in [0.05, 0.1) is 5.39 Å². The third-order valence-electron chi connectivity index (χ3n) is 3.62. The van der Waals surface area contributed by atoms with E-state index in [9.17, 15) is 13.2 Å². The van der Waals surface area contributed by atoms with Crippen molar-refractivity contribution in [1.82, 2.24) is 20.3 Å². The van der Waals surface area contributed by atoms with Gasteiger partial charge >= 0.3 is 6.68 Å². The van der Waals surface area contributed by atoms with Crippen LogP contribution in [0.4, 0.5) is 24.9 Å². The summed E-state index contributed by atoms with van der Waals surface area (Å²) in [5.74, 6) is 1.47. The Labute approximate surface area is 138 Å². The van der Waals surface area contributed by atoms with Gasteiger partial charge in [-0.2, -0.15) is 23.1 Å². The van der Waals surface area contributed by atoms with Gasteiger partial charge in [-0.05, 0) is 38.4 Å². The molecule has 3 N–H and O–H groups in total. The highest BCUT2D eigenvalue weighted by atomic mass is 19.4. The first kappa shape index (κ1) is 18.2. The van der Waals surface area contributed by atoms with Crippen molar-refractivity contribution >= 4 is 22.8 Å². The predicted molar refractivity (Wildman–Crippen MR) is 88.4 cm³/mol. The summed E-state index contributed by atoms with van der Waals surface area (Å²) < 4.78 is 29.0. The van der Waals surface area contributed by atoms with Crippen molar-refractivity contribution in [2.24, 2.45) is 0 Å². The van der Waals surface area contributed by atoms with Crippen molar-refractivity contribution in [3.8, 4) is 0 Å². The second-order valence-electron chi connectivity index (χ2n) is 5.51. The Kier molecular flexibility index (Phi) is 6.13. The van der Waals surface area contributed by atoms with Crippen molar-refractivity contribution in [1.29, 1.82) is 0 Å². The lowest BCUT2D eigenvalue weighted by Crippen LogP contribution is -2.23. The minimum absolute atomic E-state index is 0.392. The Morgan fingerprint density at radius 3 is 2.50 bits per heavy atom. The maximum absolute atomic E-state index is 9.67. The lowest BCUT2D eigenvalue weighted by atomic mass is 10.1. The van der Waals surface area contributed by atoms with Crippen LogP contribution in [0.25, 0.3) is 11.0 Å². The van der Waals surface area contributed by atoms with Gasteiger partial charge in [-0.1, -0.05) is 0 Å². The van der Waals surface area contributed by atoms with Crippen LogP contribution in [0.2, 0.25) is 0 Å². The Bertz CT molecular complexity index is 686. The fraction of sp³-hybridized carbons (Fsp3) is 0.533. The lowest BCUT2D eigenvalue weighted by molar-refractivity contribution is 0.00819. The van der Waals surface area contributed by atoms with E-state index in [-0.39, 0.29) is 0 Å². The van der Waals surface area contributed by atoms with Crippen LogP contribution in [0.5, 0.6) is 0 Å². The average molecular weight is 342 g/mol. The number of aromatic nitrogens is 3. The first-order chi connectivity index (χ1) is 11.4. The standard InChI is InChI=1S/C14H20N6.CHF3/c1-8-6-9(2)17-13-11(8)12(15-3)19-14(20-13)18-10-4-5-16-7-10;2-1(3)4/h6,10,16H,4-5,7H2,1-3H3,(H2,15,17,18,19,20);1H. The molecular formula is C15H21F3N6. The van der Waals surface area contributed by atoms with E-state index in [4.69, 9.17) is 0 Å². The number of fused-ring (bicyclic) bond motifs is 1. The quantitative estimate of drug-likeness (QED) is 0.796. The van der Waals surface area contributed by atoms with E-state index < -0.39 is 6.68 Å². The number of rotatable bonds is 3. The average Bonchev–Trinajstić information content (AvgIpc) is 2.98. The zero-order chi connectivity index (χ0) is 17.7. The number of alkyl halides is 3. The summed E-state index contributed by atoms with van der Waals surface area (Å²) in [5, 5.41) is 10.9. The van der Waals surface area contributed by atoms with Crippen molar-refractivity contribution in [3.05, 3.63) is 17.3 Å². The molecule has 132 valence electrons. The van der Waals surface area contributed by atoms with Gasteiger partial charge in [-0.25, -0.2) is 4.98 Å². The number of hydrogen-bond acceptors (Lipinski definition) is 6. The van der Waals surface area contributed by atoms with Crippen LogP contribution < -0.4 is 16.0 Å². The summed E-state index contributed by atoms with van der Waals surface area (Å²) in [6.07, 6.45) is 1.09. The molecule has 6 nitrogen and oxygen atoms in total. The van der Waals surface area contributed by atoms with Crippen LogP contribution in [-0.2, 0) is 0 Å².